The second-order valence-corrected chi connectivity index (χ2v) is 28.4. The van der Waals surface area contributed by atoms with Crippen LogP contribution in [0.3, 0.4) is 0 Å². The number of primary amides is 1. The molecule has 0 unspecified atom stereocenters. The fourth-order valence-electron chi connectivity index (χ4n) is 15.3. The first-order valence-electron chi connectivity index (χ1n) is 40.8. The van der Waals surface area contributed by atoms with E-state index in [1.807, 2.05) is 67.3 Å². The number of rotatable bonds is 46. The number of hydrogen-bond acceptors (Lipinski definition) is 25. The second kappa shape index (κ2) is 76.0. The number of hydrogen-bond donors (Lipinski definition) is 15. The van der Waals surface area contributed by atoms with E-state index >= 15 is 0 Å². The number of nitrogens with two attached hydrogens (primary N) is 1. The molecule has 0 fully saturated rings. The molecule has 0 saturated heterocycles. The summed E-state index contributed by atoms with van der Waals surface area (Å²) in [5.41, 5.74) is 20.6. The van der Waals surface area contributed by atoms with Gasteiger partial charge >= 0.3 is 214 Å². The van der Waals surface area contributed by atoms with Crippen molar-refractivity contribution in [2.24, 2.45) is 10.8 Å². The Hall–Kier alpha value is -6.90. The molecular formula is C86H116N18Na6O24-6. The predicted molar refractivity (Wildman–Crippen MR) is 471 cm³/mol. The van der Waals surface area contributed by atoms with Gasteiger partial charge in [-0.15, -0.1) is 0 Å². The molecule has 6 rings (SSSR count). The standard InChI is InChI=1S/C86H110N18O18.6Na.6H2O/c1-8-58-59(9-2)65-50-93-83(118)100-74-47-55(76(111)89-33-41-120-43-45-122-46-44-121-42-34-95-104-88)21-24-71(74)98-81(116)91-53-68-62(12-5)67(52-90-80(115)97-70-25-22-56(48-73(70)96-79(87)114)77(112)102-85(27-15-35-105,28-16-36-106)29-17-37-107)63(13-6)69(64(68)14-7)54-92-82(117)99-72-26-23-57(78(113)103-86(30-18-38-108,31-19-39-109)32-20-40-110)49-75(72)101-84(119)94-51-66(60(58)10-3)61(65)11-4;;;;;;;;;;;;/h21-26,47-49H,8-20,27-34,41-46,50-54H2,1-7H3,(H,89,111)(H,102,112)(H,103,113)(H3,87,96,114)(H2,90,97,115)(H2,91,98,116)(H2,92,99,117)(H2,93,100,118)(H2,94,101,119);;;;;;;6*1H2/q-6;6*+1;;;;;;/p-6. The van der Waals surface area contributed by atoms with Crippen molar-refractivity contribution in [3.63, 3.8) is 0 Å². The molecule has 0 saturated carbocycles. The van der Waals surface area contributed by atoms with Crippen LogP contribution in [0.25, 0.3) is 10.4 Å². The van der Waals surface area contributed by atoms with Crippen molar-refractivity contribution in [3.05, 3.63) is 148 Å². The van der Waals surface area contributed by atoms with Crippen molar-refractivity contribution in [2.45, 2.75) is 214 Å². The Morgan fingerprint density at radius 3 is 1.04 bits per heavy atom. The van der Waals surface area contributed by atoms with Crippen LogP contribution < -0.4 is 258 Å². The number of amides is 15. The first kappa shape index (κ1) is 140. The van der Waals surface area contributed by atoms with Crippen molar-refractivity contribution >= 4 is 126 Å². The number of nitrogens with one attached hydrogen (secondary N) is 14. The van der Waals surface area contributed by atoms with Gasteiger partial charge in [0.05, 0.1) is 73.8 Å². The van der Waals surface area contributed by atoms with E-state index in [1.165, 1.54) is 54.6 Å². The number of nitrogens with zero attached hydrogens (tertiary/aromatic N) is 3. The summed E-state index contributed by atoms with van der Waals surface area (Å²) < 4.78 is 16.5. The van der Waals surface area contributed by atoms with E-state index in [2.05, 4.69) is 84.5 Å². The average molecular weight is 1920 g/mol. The van der Waals surface area contributed by atoms with Gasteiger partial charge in [0.25, 0.3) is 17.7 Å². The van der Waals surface area contributed by atoms with Crippen LogP contribution >= 0.6 is 0 Å². The van der Waals surface area contributed by atoms with Crippen LogP contribution in [0, 0.1) is 0 Å². The summed E-state index contributed by atoms with van der Waals surface area (Å²) in [7, 11) is 0. The monoisotopic (exact) mass is 1920 g/mol. The third-order valence-corrected chi connectivity index (χ3v) is 21.0. The van der Waals surface area contributed by atoms with Crippen molar-refractivity contribution in [2.75, 3.05) is 84.6 Å². The Bertz CT molecular complexity index is 4570. The summed E-state index contributed by atoms with van der Waals surface area (Å²) >= 11 is 0. The molecule has 1 aliphatic rings. The van der Waals surface area contributed by atoms with Crippen LogP contribution in [0.15, 0.2) is 59.7 Å². The number of carbonyl (C=O) groups is 9. The van der Waals surface area contributed by atoms with Gasteiger partial charge < -0.3 is 156 Å². The summed E-state index contributed by atoms with van der Waals surface area (Å²) in [6, 6.07) is 7.40. The molecule has 22 N–H and O–H groups in total. The molecule has 0 atom stereocenters. The Labute approximate surface area is 912 Å². The minimum Gasteiger partial charge on any atom is -0.870 e. The molecule has 0 aromatic heterocycles. The van der Waals surface area contributed by atoms with E-state index in [0.29, 0.717) is 78.3 Å². The number of azide groups is 1. The fourth-order valence-corrected chi connectivity index (χ4v) is 15.3. The number of anilines is 6. The van der Waals surface area contributed by atoms with Gasteiger partial charge in [0.1, 0.15) is 0 Å². The summed E-state index contributed by atoms with van der Waals surface area (Å²) in [4.78, 5) is 200. The maximum atomic E-state index is 14.8. The molecule has 0 spiro atoms. The van der Waals surface area contributed by atoms with Gasteiger partial charge in [-0.3, -0.25) is 52.1 Å². The molecule has 1 aliphatic heterocycles. The summed E-state index contributed by atoms with van der Waals surface area (Å²) in [5, 5.41) is 43.5. The van der Waals surface area contributed by atoms with E-state index in [9.17, 15) is 71.9 Å². The molecule has 4 bridgehead atoms. The Kier molecular flexibility index (Phi) is 79.5. The van der Waals surface area contributed by atoms with E-state index in [1.54, 1.807) is 18.9 Å². The fraction of sp³-hybridized carbons (Fsp3) is 0.477. The largest absolute Gasteiger partial charge is 1.00 e. The van der Waals surface area contributed by atoms with Crippen LogP contribution in [-0.4, -0.2) is 188 Å². The van der Waals surface area contributed by atoms with Gasteiger partial charge in [-0.1, -0.05) is 92.1 Å². The van der Waals surface area contributed by atoms with Gasteiger partial charge in [-0.2, -0.15) is 38.5 Å². The molecule has 5 aromatic rings. The Morgan fingerprint density at radius 1 is 0.396 bits per heavy atom. The second-order valence-electron chi connectivity index (χ2n) is 28.4. The van der Waals surface area contributed by atoms with Crippen LogP contribution in [0.2, 0.25) is 0 Å². The number of carbonyl (C=O) groups excluding carboxylic acids is 15. The van der Waals surface area contributed by atoms with E-state index < -0.39 is 65.0 Å². The molecule has 0 aliphatic carbocycles. The number of ether oxygens (including phenoxy) is 3. The molecule has 15 amide bonds. The minimum absolute atomic E-state index is 0. The van der Waals surface area contributed by atoms with Gasteiger partial charge in [0.2, 0.25) is 0 Å². The predicted octanol–water partition coefficient (Wildman–Crippen LogP) is -8.63. The molecule has 1 heterocycles. The Balaban J connectivity index is -0.00000269. The maximum Gasteiger partial charge on any atom is 1.00 e. The molecule has 0 radical (unpaired) electrons. The smallest absolute Gasteiger partial charge is 0.870 e. The first-order valence-corrected chi connectivity index (χ1v) is 40.8. The van der Waals surface area contributed by atoms with Crippen LogP contribution in [0.1, 0.15) is 223 Å². The van der Waals surface area contributed by atoms with Crippen LogP contribution in [0.4, 0.5) is 62.9 Å². The number of urea groups is 6. The average Bonchev–Trinajstić information content (AvgIpc) is 0.768. The minimum atomic E-state index is -1.27. The van der Waals surface area contributed by atoms with E-state index in [-0.39, 0.29) is 424 Å². The molecule has 42 nitrogen and oxygen atoms in total. The van der Waals surface area contributed by atoms with Gasteiger partial charge in [0.15, 0.2) is 0 Å². The molecular weight excluding hydrogens is 1810 g/mol. The zero-order valence-electron chi connectivity index (χ0n) is 78.8. The summed E-state index contributed by atoms with van der Waals surface area (Å²) in [6.07, 6.45) is 13.0. The molecule has 48 heteroatoms. The number of benzene rings is 5. The first-order chi connectivity index (χ1) is 59.0. The van der Waals surface area contributed by atoms with Crippen molar-refractivity contribution in [3.8, 4) is 0 Å². The third-order valence-electron chi connectivity index (χ3n) is 21.0. The normalized spacial score (nSPS) is 11.5. The molecule has 134 heavy (non-hydrogen) atoms. The van der Waals surface area contributed by atoms with Crippen LogP contribution in [0.5, 0.6) is 0 Å². The maximum absolute atomic E-state index is 14.8. The summed E-state index contributed by atoms with van der Waals surface area (Å²) in [6.45, 7) is 14.6. The summed E-state index contributed by atoms with van der Waals surface area (Å²) in [5.74, 6) is -2.00. The topological polar surface area (TPSA) is 707 Å². The molecule has 5 aromatic carbocycles. The zero-order chi connectivity index (χ0) is 89.0. The van der Waals surface area contributed by atoms with E-state index in [0.717, 1.165) is 33.4 Å². The molecule has 706 valence electrons. The zero-order valence-corrected chi connectivity index (χ0v) is 90.8. The third kappa shape index (κ3) is 43.6. The van der Waals surface area contributed by atoms with Crippen molar-refractivity contribution in [1.82, 2.24) is 42.5 Å². The Morgan fingerprint density at radius 2 is 0.709 bits per heavy atom. The van der Waals surface area contributed by atoms with Gasteiger partial charge in [-0.05, 0) is 172 Å². The van der Waals surface area contributed by atoms with Crippen LogP contribution in [-0.2, 0) is 121 Å². The van der Waals surface area contributed by atoms with Crippen molar-refractivity contribution in [1.29, 1.82) is 0 Å². The van der Waals surface area contributed by atoms with Gasteiger partial charge in [0, 0.05) is 78.5 Å². The SMILES string of the molecule is CCc1c(CC)c2c(CC)c(c1CC)CNC(=O)Nc1cc(C(=O)NC(CC[C-]=O)(CC[C-]=O)CC[C-]=O)ccc1NC(=O)NCc1c(CC)c(CNC(=O)Nc3ccc(C(=O)NC(CC[C-]=O)(CC[C-]=O)CC[C-]=O)cc3NC(N)=O)c(CC)c(c1CC)CNC(=O)Nc1ccc(C(=O)NCCOCCOCCOCCN=[N+]=[N-])cc1NC(=O)NC2.[Na+].[Na+].[Na+].[Na+].[Na+].[Na+].[OH-].[OH-].[OH-].[OH-].[OH-].[OH-]. The number of fused-ring (bicyclic) bond motifs is 6. The quantitative estimate of drug-likeness (QED) is 0.00430. The van der Waals surface area contributed by atoms with Crippen molar-refractivity contribution < 1.29 is 296 Å². The van der Waals surface area contributed by atoms with E-state index in [4.69, 9.17) is 25.5 Å². The van der Waals surface area contributed by atoms with Gasteiger partial charge in [-0.25, -0.2) is 28.8 Å².